The van der Waals surface area contributed by atoms with E-state index in [0.29, 0.717) is 5.75 Å². The average Bonchev–Trinajstić information content (AvgIpc) is 2.67. The summed E-state index contributed by atoms with van der Waals surface area (Å²) < 4.78 is 15.9. The number of para-hydroxylation sites is 1. The Hall–Kier alpha value is -3.35. The Balaban J connectivity index is 2.02. The smallest absolute Gasteiger partial charge is 0.410 e. The molecule has 1 atom stereocenters. The first-order chi connectivity index (χ1) is 14.1. The first-order valence-electron chi connectivity index (χ1n) is 9.58. The number of esters is 2. The highest BCUT2D eigenvalue weighted by molar-refractivity contribution is 5.90. The first-order valence-corrected chi connectivity index (χ1v) is 9.58. The van der Waals surface area contributed by atoms with Crippen LogP contribution in [0.4, 0.5) is 4.79 Å². The molecule has 0 radical (unpaired) electrons. The zero-order valence-corrected chi connectivity index (χ0v) is 17.7. The number of nitrogens with zero attached hydrogens (tertiary/aromatic N) is 1. The Morgan fingerprint density at radius 2 is 1.50 bits per heavy atom. The molecule has 0 aromatic heterocycles. The van der Waals surface area contributed by atoms with Crippen molar-refractivity contribution in [3.63, 3.8) is 0 Å². The predicted octanol–water partition coefficient (Wildman–Crippen LogP) is 3.61. The molecule has 0 spiro atoms. The quantitative estimate of drug-likeness (QED) is 0.509. The van der Waals surface area contributed by atoms with Crippen LogP contribution in [0.1, 0.15) is 26.3 Å². The third kappa shape index (κ3) is 7.95. The zero-order chi connectivity index (χ0) is 22.1. The largest absolute Gasteiger partial charge is 0.478 e. The summed E-state index contributed by atoms with van der Waals surface area (Å²) >= 11 is 0. The van der Waals surface area contributed by atoms with Crippen molar-refractivity contribution in [2.24, 2.45) is 0 Å². The number of hydrogen-bond acceptors (Lipinski definition) is 6. The molecule has 0 aliphatic rings. The molecule has 1 unspecified atom stereocenters. The number of rotatable bonds is 7. The second-order valence-corrected chi connectivity index (χ2v) is 7.74. The summed E-state index contributed by atoms with van der Waals surface area (Å²) in [6.45, 7) is 4.73. The van der Waals surface area contributed by atoms with Crippen LogP contribution in [0.5, 0.6) is 5.75 Å². The van der Waals surface area contributed by atoms with Crippen LogP contribution in [-0.2, 0) is 25.5 Å². The van der Waals surface area contributed by atoms with E-state index in [2.05, 4.69) is 0 Å². The van der Waals surface area contributed by atoms with E-state index in [1.807, 2.05) is 36.4 Å². The molecule has 2 aromatic carbocycles. The van der Waals surface area contributed by atoms with E-state index in [9.17, 15) is 14.4 Å². The van der Waals surface area contributed by atoms with E-state index < -0.39 is 36.3 Å². The van der Waals surface area contributed by atoms with E-state index >= 15 is 0 Å². The second-order valence-electron chi connectivity index (χ2n) is 7.74. The Morgan fingerprint density at radius 1 is 0.933 bits per heavy atom. The van der Waals surface area contributed by atoms with Crippen LogP contribution in [0.3, 0.4) is 0 Å². The van der Waals surface area contributed by atoms with Gasteiger partial charge in [-0.1, -0.05) is 48.5 Å². The van der Waals surface area contributed by atoms with Crippen molar-refractivity contribution in [1.29, 1.82) is 0 Å². The molecule has 0 heterocycles. The lowest BCUT2D eigenvalue weighted by atomic mass is 10.1. The molecule has 1 amide bonds. The van der Waals surface area contributed by atoms with Crippen LogP contribution in [0.25, 0.3) is 0 Å². The van der Waals surface area contributed by atoms with Crippen molar-refractivity contribution in [1.82, 2.24) is 4.90 Å². The van der Waals surface area contributed by atoms with Crippen molar-refractivity contribution in [2.45, 2.75) is 38.9 Å². The lowest BCUT2D eigenvalue weighted by molar-refractivity contribution is -0.165. The molecule has 0 bridgehead atoms. The molecule has 0 aliphatic carbocycles. The SMILES string of the molecule is CN(CC(=O)OC(=O)C(Cc1ccccc1)Oc1ccccc1)C(=O)OC(C)(C)C. The molecule has 7 nitrogen and oxygen atoms in total. The summed E-state index contributed by atoms with van der Waals surface area (Å²) in [4.78, 5) is 37.9. The van der Waals surface area contributed by atoms with Crippen molar-refractivity contribution in [3.8, 4) is 5.75 Å². The highest BCUT2D eigenvalue weighted by Gasteiger charge is 2.27. The molecule has 0 aliphatic heterocycles. The molecule has 0 N–H and O–H groups in total. The van der Waals surface area contributed by atoms with Crippen LogP contribution in [0.15, 0.2) is 60.7 Å². The van der Waals surface area contributed by atoms with E-state index in [-0.39, 0.29) is 6.42 Å². The first kappa shape index (κ1) is 22.9. The predicted molar refractivity (Wildman–Crippen MR) is 111 cm³/mol. The van der Waals surface area contributed by atoms with Gasteiger partial charge in [0.05, 0.1) is 0 Å². The minimum absolute atomic E-state index is 0.226. The van der Waals surface area contributed by atoms with Crippen molar-refractivity contribution >= 4 is 18.0 Å². The average molecular weight is 413 g/mol. The lowest BCUT2D eigenvalue weighted by Crippen LogP contribution is -2.40. The number of carbonyl (C=O) groups excluding carboxylic acids is 3. The van der Waals surface area contributed by atoms with E-state index in [4.69, 9.17) is 14.2 Å². The molecular weight excluding hydrogens is 386 g/mol. The zero-order valence-electron chi connectivity index (χ0n) is 17.7. The number of carbonyl (C=O) groups is 3. The van der Waals surface area contributed by atoms with Crippen LogP contribution in [0, 0.1) is 0 Å². The number of benzene rings is 2. The summed E-state index contributed by atoms with van der Waals surface area (Å²) in [6.07, 6.45) is -1.48. The van der Waals surface area contributed by atoms with Gasteiger partial charge in [-0.3, -0.25) is 0 Å². The van der Waals surface area contributed by atoms with Gasteiger partial charge >= 0.3 is 18.0 Å². The van der Waals surface area contributed by atoms with Crippen molar-refractivity contribution in [3.05, 3.63) is 66.2 Å². The molecule has 0 fully saturated rings. The minimum Gasteiger partial charge on any atom is -0.478 e. The highest BCUT2D eigenvalue weighted by Crippen LogP contribution is 2.15. The standard InChI is InChI=1S/C23H27NO6/c1-23(2,3)30-22(27)24(4)16-20(25)29-21(26)19(15-17-11-7-5-8-12-17)28-18-13-9-6-10-14-18/h5-14,19H,15-16H2,1-4H3. The monoisotopic (exact) mass is 413 g/mol. The Labute approximate surface area is 176 Å². The third-order valence-corrected chi connectivity index (χ3v) is 3.83. The van der Waals surface area contributed by atoms with Gasteiger partial charge in [0.2, 0.25) is 0 Å². The minimum atomic E-state index is -1.02. The lowest BCUT2D eigenvalue weighted by Gasteiger charge is -2.24. The van der Waals surface area contributed by atoms with Gasteiger partial charge in [-0.15, -0.1) is 0 Å². The van der Waals surface area contributed by atoms with Gasteiger partial charge in [-0.25, -0.2) is 14.4 Å². The number of amides is 1. The molecule has 7 heteroatoms. The van der Waals surface area contributed by atoms with Crippen LogP contribution in [-0.4, -0.2) is 48.2 Å². The van der Waals surface area contributed by atoms with Crippen LogP contribution < -0.4 is 4.74 Å². The molecule has 2 aromatic rings. The molecule has 0 saturated heterocycles. The molecular formula is C23H27NO6. The van der Waals surface area contributed by atoms with Gasteiger partial charge in [-0.2, -0.15) is 0 Å². The van der Waals surface area contributed by atoms with Crippen molar-refractivity contribution in [2.75, 3.05) is 13.6 Å². The number of ether oxygens (including phenoxy) is 3. The molecule has 30 heavy (non-hydrogen) atoms. The van der Waals surface area contributed by atoms with Gasteiger partial charge in [0.1, 0.15) is 17.9 Å². The van der Waals surface area contributed by atoms with Crippen molar-refractivity contribution < 1.29 is 28.6 Å². The summed E-state index contributed by atoms with van der Waals surface area (Å²) in [5, 5.41) is 0. The second kappa shape index (κ2) is 10.4. The number of hydrogen-bond donors (Lipinski definition) is 0. The Kier molecular flexibility index (Phi) is 7.98. The van der Waals surface area contributed by atoms with Gasteiger partial charge in [0, 0.05) is 13.5 Å². The fourth-order valence-corrected chi connectivity index (χ4v) is 2.47. The fraction of sp³-hybridized carbons (Fsp3) is 0.348. The Bertz CT molecular complexity index is 804. The fourth-order valence-electron chi connectivity index (χ4n) is 2.47. The van der Waals surface area contributed by atoms with Crippen LogP contribution >= 0.6 is 0 Å². The Morgan fingerprint density at radius 3 is 2.07 bits per heavy atom. The van der Waals surface area contributed by atoms with E-state index in [0.717, 1.165) is 10.5 Å². The van der Waals surface area contributed by atoms with E-state index in [1.165, 1.54) is 7.05 Å². The summed E-state index contributed by atoms with van der Waals surface area (Å²) in [7, 11) is 1.39. The maximum atomic E-state index is 12.6. The molecule has 0 saturated carbocycles. The molecule has 160 valence electrons. The topological polar surface area (TPSA) is 82.1 Å². The van der Waals surface area contributed by atoms with Gasteiger partial charge < -0.3 is 19.1 Å². The van der Waals surface area contributed by atoms with Gasteiger partial charge in [0.25, 0.3) is 0 Å². The van der Waals surface area contributed by atoms with Crippen LogP contribution in [0.2, 0.25) is 0 Å². The van der Waals surface area contributed by atoms with E-state index in [1.54, 1.807) is 45.0 Å². The number of likely N-dealkylation sites (N-methyl/N-ethyl adjacent to an activating group) is 1. The summed E-state index contributed by atoms with van der Waals surface area (Å²) in [6, 6.07) is 18.1. The molecule has 2 rings (SSSR count). The summed E-state index contributed by atoms with van der Waals surface area (Å²) in [5.74, 6) is -1.22. The normalized spacial score (nSPS) is 11.9. The maximum Gasteiger partial charge on any atom is 0.410 e. The highest BCUT2D eigenvalue weighted by atomic mass is 16.6. The van der Waals surface area contributed by atoms with Gasteiger partial charge in [-0.05, 0) is 38.5 Å². The third-order valence-electron chi connectivity index (χ3n) is 3.83. The van der Waals surface area contributed by atoms with Gasteiger partial charge in [0.15, 0.2) is 6.10 Å². The maximum absolute atomic E-state index is 12.6. The summed E-state index contributed by atoms with van der Waals surface area (Å²) in [5.41, 5.74) is 0.156.